The van der Waals surface area contributed by atoms with Crippen LogP contribution in [-0.2, 0) is 4.84 Å². The van der Waals surface area contributed by atoms with Crippen molar-refractivity contribution in [3.63, 3.8) is 0 Å². The predicted molar refractivity (Wildman–Crippen MR) is 106 cm³/mol. The Balaban J connectivity index is 2.12. The molecule has 4 atom stereocenters. The normalized spacial score (nSPS) is 23.8. The molecule has 0 bridgehead atoms. The number of hydrogen-bond acceptors (Lipinski definition) is 6. The van der Waals surface area contributed by atoms with E-state index in [-0.39, 0.29) is 36.5 Å². The van der Waals surface area contributed by atoms with Gasteiger partial charge in [-0.25, -0.2) is 0 Å². The van der Waals surface area contributed by atoms with Gasteiger partial charge in [0.25, 0.3) is 0 Å². The molecule has 1 aliphatic heterocycles. The van der Waals surface area contributed by atoms with Gasteiger partial charge in [-0.3, -0.25) is 10.3 Å². The first-order valence-electron chi connectivity index (χ1n) is 9.34. The molecular formula is C20H30ClN3O3. The molecule has 1 aromatic carbocycles. The van der Waals surface area contributed by atoms with Crippen molar-refractivity contribution in [2.75, 3.05) is 25.2 Å². The molecule has 0 amide bonds. The van der Waals surface area contributed by atoms with Crippen LogP contribution in [0.1, 0.15) is 45.1 Å². The van der Waals surface area contributed by atoms with Gasteiger partial charge in [0.05, 0.1) is 37.0 Å². The standard InChI is InChI=1S/C20H30ClN3O3/c1-20(2,3)9-19-16(10-22)17(11-23-19)15-8-13(21)4-5-18(15)24-27-7-6-14(26)12-25/h4-5,8,14,16-17,19,23-26H,6-7,9,11-12H2,1-3H3. The topological polar surface area (TPSA) is 97.5 Å². The van der Waals surface area contributed by atoms with E-state index in [0.29, 0.717) is 18.0 Å². The van der Waals surface area contributed by atoms with Gasteiger partial charge in [0.15, 0.2) is 0 Å². The molecule has 1 saturated heterocycles. The number of rotatable bonds is 8. The van der Waals surface area contributed by atoms with Gasteiger partial charge >= 0.3 is 0 Å². The van der Waals surface area contributed by atoms with E-state index in [1.54, 1.807) is 6.07 Å². The number of anilines is 1. The van der Waals surface area contributed by atoms with Gasteiger partial charge in [-0.2, -0.15) is 5.26 Å². The Labute approximate surface area is 166 Å². The summed E-state index contributed by atoms with van der Waals surface area (Å²) in [5.41, 5.74) is 4.76. The molecule has 0 aliphatic carbocycles. The number of nitrogens with one attached hydrogen (secondary N) is 2. The van der Waals surface area contributed by atoms with Gasteiger partial charge in [0, 0.05) is 29.9 Å². The van der Waals surface area contributed by atoms with E-state index in [1.807, 2.05) is 12.1 Å². The molecule has 0 spiro atoms. The van der Waals surface area contributed by atoms with Crippen LogP contribution >= 0.6 is 11.6 Å². The van der Waals surface area contributed by atoms with Crippen LogP contribution in [0.25, 0.3) is 0 Å². The molecule has 1 aromatic rings. The number of nitriles is 1. The lowest BCUT2D eigenvalue weighted by molar-refractivity contribution is 0.0614. The second-order valence-corrected chi connectivity index (χ2v) is 8.78. The summed E-state index contributed by atoms with van der Waals surface area (Å²) in [6.07, 6.45) is 0.448. The number of aliphatic hydroxyl groups is 2. The Morgan fingerprint density at radius 3 is 2.81 bits per heavy atom. The van der Waals surface area contributed by atoms with Crippen LogP contribution in [0.5, 0.6) is 0 Å². The second kappa shape index (κ2) is 9.72. The first kappa shape index (κ1) is 21.9. The monoisotopic (exact) mass is 395 g/mol. The predicted octanol–water partition coefficient (Wildman–Crippen LogP) is 3.06. The molecule has 1 fully saturated rings. The molecule has 1 aliphatic rings. The van der Waals surface area contributed by atoms with Crippen LogP contribution in [-0.4, -0.2) is 42.1 Å². The summed E-state index contributed by atoms with van der Waals surface area (Å²) < 4.78 is 0. The Morgan fingerprint density at radius 1 is 1.44 bits per heavy atom. The van der Waals surface area contributed by atoms with Gasteiger partial charge in [-0.1, -0.05) is 32.4 Å². The second-order valence-electron chi connectivity index (χ2n) is 8.35. The van der Waals surface area contributed by atoms with Gasteiger partial charge < -0.3 is 15.5 Å². The molecule has 4 unspecified atom stereocenters. The largest absolute Gasteiger partial charge is 0.394 e. The lowest BCUT2D eigenvalue weighted by Gasteiger charge is -2.26. The average Bonchev–Trinajstić information content (AvgIpc) is 2.99. The third kappa shape index (κ3) is 6.34. The van der Waals surface area contributed by atoms with Crippen molar-refractivity contribution in [3.8, 4) is 6.07 Å². The van der Waals surface area contributed by atoms with Crippen LogP contribution in [0, 0.1) is 22.7 Å². The number of nitrogens with zero attached hydrogens (tertiary/aromatic N) is 1. The van der Waals surface area contributed by atoms with Crippen LogP contribution in [0.2, 0.25) is 5.02 Å². The molecule has 4 N–H and O–H groups in total. The van der Waals surface area contributed by atoms with Crippen molar-refractivity contribution in [2.24, 2.45) is 11.3 Å². The van der Waals surface area contributed by atoms with E-state index in [4.69, 9.17) is 21.5 Å². The van der Waals surface area contributed by atoms with E-state index >= 15 is 0 Å². The lowest BCUT2D eigenvalue weighted by atomic mass is 9.79. The van der Waals surface area contributed by atoms with Gasteiger partial charge in [0.1, 0.15) is 0 Å². The van der Waals surface area contributed by atoms with E-state index in [1.165, 1.54) is 0 Å². The Hall–Kier alpha value is -1.36. The van der Waals surface area contributed by atoms with Crippen LogP contribution in [0.4, 0.5) is 5.69 Å². The van der Waals surface area contributed by atoms with E-state index < -0.39 is 6.10 Å². The van der Waals surface area contributed by atoms with Gasteiger partial charge in [-0.15, -0.1) is 0 Å². The smallest absolute Gasteiger partial charge is 0.0793 e. The maximum absolute atomic E-state index is 9.80. The van der Waals surface area contributed by atoms with Crippen molar-refractivity contribution in [3.05, 3.63) is 28.8 Å². The summed E-state index contributed by atoms with van der Waals surface area (Å²) in [6.45, 7) is 7.20. The molecule has 150 valence electrons. The van der Waals surface area contributed by atoms with Crippen molar-refractivity contribution in [2.45, 2.75) is 51.7 Å². The van der Waals surface area contributed by atoms with Crippen molar-refractivity contribution < 1.29 is 15.1 Å². The zero-order valence-corrected chi connectivity index (χ0v) is 17.0. The fraction of sp³-hybridized carbons (Fsp3) is 0.650. The highest BCUT2D eigenvalue weighted by Crippen LogP contribution is 2.40. The Kier molecular flexibility index (Phi) is 7.90. The lowest BCUT2D eigenvalue weighted by Crippen LogP contribution is -2.31. The zero-order chi connectivity index (χ0) is 20.0. The first-order valence-corrected chi connectivity index (χ1v) is 9.72. The van der Waals surface area contributed by atoms with Crippen molar-refractivity contribution in [1.29, 1.82) is 5.26 Å². The molecular weight excluding hydrogens is 366 g/mol. The fourth-order valence-electron chi connectivity index (χ4n) is 3.50. The SMILES string of the molecule is CC(C)(C)CC1NCC(c2cc(Cl)ccc2NOCCC(O)CO)C1C#N. The summed E-state index contributed by atoms with van der Waals surface area (Å²) in [5.74, 6) is -0.144. The molecule has 0 saturated carbocycles. The molecule has 6 nitrogen and oxygen atoms in total. The molecule has 0 radical (unpaired) electrons. The minimum atomic E-state index is -0.795. The summed E-state index contributed by atoms with van der Waals surface area (Å²) in [5, 5.41) is 32.2. The molecule has 27 heavy (non-hydrogen) atoms. The highest BCUT2D eigenvalue weighted by Gasteiger charge is 2.39. The van der Waals surface area contributed by atoms with Gasteiger partial charge in [-0.05, 0) is 35.6 Å². The molecule has 2 rings (SSSR count). The fourth-order valence-corrected chi connectivity index (χ4v) is 3.68. The quantitative estimate of drug-likeness (QED) is 0.399. The third-order valence-electron chi connectivity index (χ3n) is 4.81. The van der Waals surface area contributed by atoms with Crippen LogP contribution in [0.3, 0.4) is 0 Å². The van der Waals surface area contributed by atoms with Crippen LogP contribution in [0.15, 0.2) is 18.2 Å². The number of halogens is 1. The number of aliphatic hydroxyl groups excluding tert-OH is 2. The summed E-state index contributed by atoms with van der Waals surface area (Å²) in [7, 11) is 0. The first-order chi connectivity index (χ1) is 12.7. The minimum Gasteiger partial charge on any atom is -0.394 e. The Morgan fingerprint density at radius 2 is 2.19 bits per heavy atom. The summed E-state index contributed by atoms with van der Waals surface area (Å²) in [4.78, 5) is 5.44. The Bertz CT molecular complexity index is 657. The minimum absolute atomic E-state index is 0.00943. The average molecular weight is 396 g/mol. The van der Waals surface area contributed by atoms with Crippen molar-refractivity contribution in [1.82, 2.24) is 5.32 Å². The maximum Gasteiger partial charge on any atom is 0.0793 e. The summed E-state index contributed by atoms with van der Waals surface area (Å²) in [6, 6.07) is 8.11. The van der Waals surface area contributed by atoms with Crippen LogP contribution < -0.4 is 10.8 Å². The van der Waals surface area contributed by atoms with E-state index in [9.17, 15) is 10.4 Å². The number of benzene rings is 1. The van der Waals surface area contributed by atoms with Gasteiger partial charge in [0.2, 0.25) is 0 Å². The van der Waals surface area contributed by atoms with E-state index in [2.05, 4.69) is 37.6 Å². The molecule has 7 heteroatoms. The molecule has 0 aromatic heterocycles. The molecule has 1 heterocycles. The maximum atomic E-state index is 9.80. The van der Waals surface area contributed by atoms with Crippen molar-refractivity contribution >= 4 is 17.3 Å². The van der Waals surface area contributed by atoms with E-state index in [0.717, 1.165) is 17.7 Å². The zero-order valence-electron chi connectivity index (χ0n) is 16.2. The highest BCUT2D eigenvalue weighted by atomic mass is 35.5. The third-order valence-corrected chi connectivity index (χ3v) is 5.04. The summed E-state index contributed by atoms with van der Waals surface area (Å²) >= 11 is 6.22. The number of hydrogen-bond donors (Lipinski definition) is 4. The highest BCUT2D eigenvalue weighted by molar-refractivity contribution is 6.30.